The fourth-order valence-corrected chi connectivity index (χ4v) is 2.82. The zero-order valence-corrected chi connectivity index (χ0v) is 14.4. The molecule has 5 nitrogen and oxygen atoms in total. The molecule has 0 saturated carbocycles. The van der Waals surface area contributed by atoms with E-state index in [2.05, 4.69) is 15.5 Å². The van der Waals surface area contributed by atoms with Crippen molar-refractivity contribution in [1.29, 1.82) is 0 Å². The van der Waals surface area contributed by atoms with Gasteiger partial charge >= 0.3 is 0 Å². The van der Waals surface area contributed by atoms with Crippen LogP contribution in [0.25, 0.3) is 11.1 Å². The lowest BCUT2D eigenvalue weighted by atomic mass is 10.1. The van der Waals surface area contributed by atoms with Gasteiger partial charge in [0.15, 0.2) is 0 Å². The van der Waals surface area contributed by atoms with Gasteiger partial charge in [-0.1, -0.05) is 28.9 Å². The number of halogens is 1. The molecule has 0 aliphatic rings. The van der Waals surface area contributed by atoms with Crippen molar-refractivity contribution >= 4 is 17.3 Å². The van der Waals surface area contributed by atoms with Crippen molar-refractivity contribution in [2.45, 2.75) is 26.8 Å². The molecule has 3 aromatic rings. The van der Waals surface area contributed by atoms with Crippen molar-refractivity contribution in [1.82, 2.24) is 10.1 Å². The third-order valence-corrected chi connectivity index (χ3v) is 4.22. The Kier molecular flexibility index (Phi) is 4.44. The molecular weight excluding hydrogens is 326 g/mol. The van der Waals surface area contributed by atoms with Crippen molar-refractivity contribution in [2.24, 2.45) is 0 Å². The van der Waals surface area contributed by atoms with Gasteiger partial charge in [0, 0.05) is 28.4 Å². The number of aromatic amines is 1. The molecule has 0 radical (unpaired) electrons. The molecule has 1 atom stereocenters. The largest absolute Gasteiger partial charge is 0.374 e. The number of pyridine rings is 1. The number of nitrogens with one attached hydrogen (secondary N) is 2. The SMILES string of the molecule is Cc1noc(C)c1-c1c[nH]c(=O)c(NC(C)c2ccc(Cl)cc2)c1. The molecule has 0 bridgehead atoms. The highest BCUT2D eigenvalue weighted by molar-refractivity contribution is 6.30. The first-order valence-corrected chi connectivity index (χ1v) is 8.01. The molecule has 2 aromatic heterocycles. The number of H-pyrrole nitrogens is 1. The second-order valence-electron chi connectivity index (χ2n) is 5.75. The van der Waals surface area contributed by atoms with E-state index in [1.165, 1.54) is 0 Å². The highest BCUT2D eigenvalue weighted by Crippen LogP contribution is 2.28. The lowest BCUT2D eigenvalue weighted by molar-refractivity contribution is 0.393. The third kappa shape index (κ3) is 3.21. The summed E-state index contributed by atoms with van der Waals surface area (Å²) in [4.78, 5) is 14.9. The van der Waals surface area contributed by atoms with Crippen LogP contribution in [-0.2, 0) is 0 Å². The normalized spacial score (nSPS) is 12.2. The van der Waals surface area contributed by atoms with E-state index in [1.54, 1.807) is 6.20 Å². The Balaban J connectivity index is 1.92. The second kappa shape index (κ2) is 6.53. The van der Waals surface area contributed by atoms with E-state index in [4.69, 9.17) is 16.1 Å². The van der Waals surface area contributed by atoms with Gasteiger partial charge in [-0.25, -0.2) is 0 Å². The number of rotatable bonds is 4. The van der Waals surface area contributed by atoms with E-state index in [0.717, 1.165) is 28.1 Å². The molecule has 0 saturated heterocycles. The number of nitrogens with zero attached hydrogens (tertiary/aromatic N) is 1. The van der Waals surface area contributed by atoms with Crippen LogP contribution in [0, 0.1) is 13.8 Å². The summed E-state index contributed by atoms with van der Waals surface area (Å²) in [5.74, 6) is 0.719. The van der Waals surface area contributed by atoms with Gasteiger partial charge in [0.05, 0.1) is 5.69 Å². The van der Waals surface area contributed by atoms with Gasteiger partial charge < -0.3 is 14.8 Å². The predicted molar refractivity (Wildman–Crippen MR) is 95.5 cm³/mol. The zero-order chi connectivity index (χ0) is 17.3. The topological polar surface area (TPSA) is 70.9 Å². The maximum Gasteiger partial charge on any atom is 0.271 e. The van der Waals surface area contributed by atoms with Gasteiger partial charge in [-0.15, -0.1) is 0 Å². The van der Waals surface area contributed by atoms with Crippen molar-refractivity contribution < 1.29 is 4.52 Å². The number of hydrogen-bond acceptors (Lipinski definition) is 4. The van der Waals surface area contributed by atoms with Gasteiger partial charge in [0.25, 0.3) is 5.56 Å². The summed E-state index contributed by atoms with van der Waals surface area (Å²) in [5.41, 5.74) is 3.91. The third-order valence-electron chi connectivity index (χ3n) is 3.97. The minimum absolute atomic E-state index is 0.0386. The first-order valence-electron chi connectivity index (χ1n) is 7.63. The lowest BCUT2D eigenvalue weighted by Crippen LogP contribution is -2.16. The van der Waals surface area contributed by atoms with Crippen LogP contribution in [0.5, 0.6) is 0 Å². The minimum Gasteiger partial charge on any atom is -0.374 e. The van der Waals surface area contributed by atoms with Crippen molar-refractivity contribution in [3.63, 3.8) is 0 Å². The molecule has 0 amide bonds. The Morgan fingerprint density at radius 1 is 1.25 bits per heavy atom. The number of anilines is 1. The Hall–Kier alpha value is -2.53. The molecule has 1 unspecified atom stereocenters. The summed E-state index contributed by atoms with van der Waals surface area (Å²) >= 11 is 5.92. The smallest absolute Gasteiger partial charge is 0.271 e. The fraction of sp³-hybridized carbons (Fsp3) is 0.222. The summed E-state index contributed by atoms with van der Waals surface area (Å²) in [7, 11) is 0. The van der Waals surface area contributed by atoms with Crippen molar-refractivity contribution in [3.8, 4) is 11.1 Å². The van der Waals surface area contributed by atoms with E-state index in [0.29, 0.717) is 10.7 Å². The highest BCUT2D eigenvalue weighted by atomic mass is 35.5. The monoisotopic (exact) mass is 343 g/mol. The molecule has 6 heteroatoms. The summed E-state index contributed by atoms with van der Waals surface area (Å²) in [6, 6.07) is 9.32. The zero-order valence-electron chi connectivity index (χ0n) is 13.7. The van der Waals surface area contributed by atoms with Gasteiger partial charge in [0.1, 0.15) is 11.4 Å². The average molecular weight is 344 g/mol. The molecule has 2 N–H and O–H groups in total. The molecule has 3 rings (SSSR count). The van der Waals surface area contributed by atoms with E-state index >= 15 is 0 Å². The first kappa shape index (κ1) is 16.3. The van der Waals surface area contributed by atoms with Gasteiger partial charge in [-0.3, -0.25) is 4.79 Å². The number of hydrogen-bond donors (Lipinski definition) is 2. The Labute approximate surface area is 144 Å². The maximum absolute atomic E-state index is 12.2. The van der Waals surface area contributed by atoms with Crippen LogP contribution in [0.2, 0.25) is 5.02 Å². The van der Waals surface area contributed by atoms with E-state index < -0.39 is 0 Å². The molecule has 0 aliphatic carbocycles. The molecule has 0 spiro atoms. The van der Waals surface area contributed by atoms with Crippen LogP contribution in [0.4, 0.5) is 5.69 Å². The Bertz CT molecular complexity index is 893. The molecule has 24 heavy (non-hydrogen) atoms. The van der Waals surface area contributed by atoms with Crippen molar-refractivity contribution in [3.05, 3.63) is 68.9 Å². The van der Waals surface area contributed by atoms with E-state index in [1.807, 2.05) is 51.1 Å². The van der Waals surface area contributed by atoms with E-state index in [-0.39, 0.29) is 11.6 Å². The highest BCUT2D eigenvalue weighted by Gasteiger charge is 2.14. The number of aromatic nitrogens is 2. The van der Waals surface area contributed by atoms with Gasteiger partial charge in [-0.05, 0) is 44.5 Å². The first-order chi connectivity index (χ1) is 11.5. The van der Waals surface area contributed by atoms with Gasteiger partial charge in [0.2, 0.25) is 0 Å². The Morgan fingerprint density at radius 2 is 1.96 bits per heavy atom. The summed E-state index contributed by atoms with van der Waals surface area (Å²) < 4.78 is 5.21. The molecule has 0 aliphatic heterocycles. The maximum atomic E-state index is 12.2. The molecule has 2 heterocycles. The van der Waals surface area contributed by atoms with Crippen LogP contribution in [0.3, 0.4) is 0 Å². The standard InChI is InChI=1S/C18H18ClN3O2/c1-10(13-4-6-15(19)7-5-13)21-16-8-14(9-20-18(16)23)17-11(2)22-24-12(17)3/h4-10,21H,1-3H3,(H,20,23). The van der Waals surface area contributed by atoms with Crippen LogP contribution in [0.1, 0.15) is 30.0 Å². The summed E-state index contributed by atoms with van der Waals surface area (Å²) in [6.07, 6.45) is 1.67. The Morgan fingerprint density at radius 3 is 2.58 bits per heavy atom. The van der Waals surface area contributed by atoms with Crippen LogP contribution in [0.15, 0.2) is 45.8 Å². The number of aryl methyl sites for hydroxylation is 2. The minimum atomic E-state index is -0.175. The molecule has 1 aromatic carbocycles. The molecular formula is C18H18ClN3O2. The predicted octanol–water partition coefficient (Wildman–Crippen LogP) is 4.47. The molecule has 0 fully saturated rings. The van der Waals surface area contributed by atoms with E-state index in [9.17, 15) is 4.79 Å². The second-order valence-corrected chi connectivity index (χ2v) is 6.18. The van der Waals surface area contributed by atoms with Gasteiger partial charge in [-0.2, -0.15) is 0 Å². The van der Waals surface area contributed by atoms with Crippen LogP contribution in [-0.4, -0.2) is 10.1 Å². The van der Waals surface area contributed by atoms with Crippen LogP contribution < -0.4 is 10.9 Å². The van der Waals surface area contributed by atoms with Crippen LogP contribution >= 0.6 is 11.6 Å². The summed E-state index contributed by atoms with van der Waals surface area (Å²) in [6.45, 7) is 5.72. The summed E-state index contributed by atoms with van der Waals surface area (Å²) in [5, 5.41) is 7.90. The molecule has 124 valence electrons. The van der Waals surface area contributed by atoms with Crippen molar-refractivity contribution in [2.75, 3.05) is 5.32 Å². The quantitative estimate of drug-likeness (QED) is 0.733. The number of benzene rings is 1. The average Bonchev–Trinajstić information content (AvgIpc) is 2.89. The fourth-order valence-electron chi connectivity index (χ4n) is 2.70. The lowest BCUT2D eigenvalue weighted by Gasteiger charge is -2.15.